The number of carbonyl (C=O) groups excluding carboxylic acids is 1. The van der Waals surface area contributed by atoms with E-state index in [9.17, 15) is 26.4 Å². The molecular formula is C17H21F3N6O3S. The number of halogens is 3. The summed E-state index contributed by atoms with van der Waals surface area (Å²) in [6.07, 6.45) is 0.166. The highest BCUT2D eigenvalue weighted by Gasteiger charge is 2.35. The van der Waals surface area contributed by atoms with Crippen LogP contribution in [0.1, 0.15) is 18.4 Å². The maximum Gasteiger partial charge on any atom is 0.418 e. The van der Waals surface area contributed by atoms with Gasteiger partial charge >= 0.3 is 12.2 Å². The van der Waals surface area contributed by atoms with Crippen molar-refractivity contribution in [2.24, 2.45) is 5.92 Å². The van der Waals surface area contributed by atoms with Gasteiger partial charge in [-0.2, -0.15) is 18.3 Å². The standard InChI is InChI=1S/C17H21F3N6O3S/c1-30(28,29)23-8-12-3-2-6-25(9-12)16(27)24-15-5-4-13(26-11-21-10-22-26)7-14(15)17(18,19)20/h4-5,7,10-12,23H,2-3,6,8-9H2,1H3,(H,24,27). The Labute approximate surface area is 171 Å². The minimum atomic E-state index is -4.69. The molecule has 0 saturated carbocycles. The second-order valence-electron chi connectivity index (χ2n) is 7.07. The van der Waals surface area contributed by atoms with E-state index in [-0.39, 0.29) is 30.4 Å². The Balaban J connectivity index is 1.74. The molecule has 9 nitrogen and oxygen atoms in total. The molecule has 2 amide bonds. The molecule has 164 valence electrons. The summed E-state index contributed by atoms with van der Waals surface area (Å²) in [4.78, 5) is 17.7. The van der Waals surface area contributed by atoms with Crippen LogP contribution in [0.5, 0.6) is 0 Å². The van der Waals surface area contributed by atoms with E-state index in [4.69, 9.17) is 0 Å². The lowest BCUT2D eigenvalue weighted by molar-refractivity contribution is -0.136. The molecule has 3 rings (SSSR count). The smallest absolute Gasteiger partial charge is 0.324 e. The lowest BCUT2D eigenvalue weighted by Crippen LogP contribution is -2.45. The molecular weight excluding hydrogens is 425 g/mol. The normalized spacial score (nSPS) is 17.7. The van der Waals surface area contributed by atoms with Crippen molar-refractivity contribution in [2.45, 2.75) is 19.0 Å². The number of piperidine rings is 1. The molecule has 1 aromatic carbocycles. The average Bonchev–Trinajstić information content (AvgIpc) is 3.20. The molecule has 1 saturated heterocycles. The van der Waals surface area contributed by atoms with Crippen LogP contribution in [-0.2, 0) is 16.2 Å². The maximum atomic E-state index is 13.6. The molecule has 0 bridgehead atoms. The van der Waals surface area contributed by atoms with E-state index in [2.05, 4.69) is 20.1 Å². The van der Waals surface area contributed by atoms with Crippen LogP contribution in [0.4, 0.5) is 23.7 Å². The summed E-state index contributed by atoms with van der Waals surface area (Å²) in [5.74, 6) is -0.115. The zero-order chi connectivity index (χ0) is 21.9. The third-order valence-corrected chi connectivity index (χ3v) is 5.36. The number of amides is 2. The highest BCUT2D eigenvalue weighted by molar-refractivity contribution is 7.88. The molecule has 1 atom stereocenters. The van der Waals surface area contributed by atoms with Gasteiger partial charge < -0.3 is 10.2 Å². The second-order valence-corrected chi connectivity index (χ2v) is 8.91. The van der Waals surface area contributed by atoms with E-state index < -0.39 is 27.8 Å². The molecule has 2 N–H and O–H groups in total. The highest BCUT2D eigenvalue weighted by atomic mass is 32.2. The predicted octanol–water partition coefficient (Wildman–Crippen LogP) is 2.08. The first kappa shape index (κ1) is 22.0. The van der Waals surface area contributed by atoms with Crippen LogP contribution in [0.3, 0.4) is 0 Å². The fourth-order valence-corrected chi connectivity index (χ4v) is 3.78. The van der Waals surface area contributed by atoms with Crippen LogP contribution in [0.15, 0.2) is 30.9 Å². The molecule has 0 radical (unpaired) electrons. The van der Waals surface area contributed by atoms with E-state index in [0.717, 1.165) is 12.3 Å². The van der Waals surface area contributed by atoms with Crippen LogP contribution in [-0.4, -0.2) is 60.0 Å². The van der Waals surface area contributed by atoms with Crippen LogP contribution in [0.2, 0.25) is 0 Å². The van der Waals surface area contributed by atoms with Gasteiger partial charge in [0, 0.05) is 19.6 Å². The zero-order valence-electron chi connectivity index (χ0n) is 16.1. The minimum absolute atomic E-state index is 0.115. The van der Waals surface area contributed by atoms with E-state index in [1.54, 1.807) is 0 Å². The van der Waals surface area contributed by atoms with Crippen LogP contribution < -0.4 is 10.0 Å². The molecule has 1 aliphatic rings. The number of aromatic nitrogens is 3. The predicted molar refractivity (Wildman–Crippen MR) is 103 cm³/mol. The van der Waals surface area contributed by atoms with Crippen molar-refractivity contribution in [3.63, 3.8) is 0 Å². The first-order valence-corrected chi connectivity index (χ1v) is 11.0. The summed E-state index contributed by atoms with van der Waals surface area (Å²) in [5.41, 5.74) is -1.22. The Morgan fingerprint density at radius 2 is 2.10 bits per heavy atom. The monoisotopic (exact) mass is 446 g/mol. The lowest BCUT2D eigenvalue weighted by Gasteiger charge is -2.33. The third kappa shape index (κ3) is 5.69. The number of hydrogen-bond donors (Lipinski definition) is 2. The van der Waals surface area contributed by atoms with Crippen LogP contribution in [0.25, 0.3) is 5.69 Å². The summed E-state index contributed by atoms with van der Waals surface area (Å²) in [6.45, 7) is 0.787. The summed E-state index contributed by atoms with van der Waals surface area (Å²) in [7, 11) is -3.36. The van der Waals surface area contributed by atoms with Gasteiger partial charge in [0.2, 0.25) is 10.0 Å². The van der Waals surface area contributed by atoms with Gasteiger partial charge in [-0.05, 0) is 37.0 Å². The SMILES string of the molecule is CS(=O)(=O)NCC1CCCN(C(=O)Nc2ccc(-n3cncn3)cc2C(F)(F)F)C1. The second kappa shape index (κ2) is 8.60. The van der Waals surface area contributed by atoms with Crippen LogP contribution in [0, 0.1) is 5.92 Å². The number of rotatable bonds is 5. The number of sulfonamides is 1. The third-order valence-electron chi connectivity index (χ3n) is 4.67. The Bertz CT molecular complexity index is 995. The van der Waals surface area contributed by atoms with E-state index in [1.807, 2.05) is 0 Å². The van der Waals surface area contributed by atoms with Gasteiger partial charge in [-0.15, -0.1) is 0 Å². The van der Waals surface area contributed by atoms with Crippen molar-refractivity contribution in [2.75, 3.05) is 31.2 Å². The molecule has 13 heteroatoms. The first-order valence-electron chi connectivity index (χ1n) is 9.10. The summed E-state index contributed by atoms with van der Waals surface area (Å²) >= 11 is 0. The molecule has 1 aliphatic heterocycles. The number of nitrogens with one attached hydrogen (secondary N) is 2. The van der Waals surface area contributed by atoms with Gasteiger partial charge in [0.25, 0.3) is 0 Å². The van der Waals surface area contributed by atoms with E-state index in [0.29, 0.717) is 19.4 Å². The van der Waals surface area contributed by atoms with Gasteiger partial charge in [-0.3, -0.25) is 0 Å². The van der Waals surface area contributed by atoms with E-state index in [1.165, 1.54) is 34.4 Å². The molecule has 1 fully saturated rings. The van der Waals surface area contributed by atoms with Crippen molar-refractivity contribution < 1.29 is 26.4 Å². The van der Waals surface area contributed by atoms with Gasteiger partial charge in [-0.25, -0.2) is 27.6 Å². The Hall–Kier alpha value is -2.67. The molecule has 2 heterocycles. The lowest BCUT2D eigenvalue weighted by atomic mass is 9.99. The van der Waals surface area contributed by atoms with Gasteiger partial charge in [0.15, 0.2) is 0 Å². The highest BCUT2D eigenvalue weighted by Crippen LogP contribution is 2.36. The van der Waals surface area contributed by atoms with Crippen molar-refractivity contribution >= 4 is 21.7 Å². The maximum absolute atomic E-state index is 13.6. The summed E-state index contributed by atoms with van der Waals surface area (Å²) in [6, 6.07) is 2.79. The molecule has 30 heavy (non-hydrogen) atoms. The van der Waals surface area contributed by atoms with Crippen molar-refractivity contribution in [3.05, 3.63) is 36.4 Å². The summed E-state index contributed by atoms with van der Waals surface area (Å²) in [5, 5.41) is 6.15. The number of benzene rings is 1. The Morgan fingerprint density at radius 1 is 1.33 bits per heavy atom. The Morgan fingerprint density at radius 3 is 2.73 bits per heavy atom. The zero-order valence-corrected chi connectivity index (χ0v) is 16.9. The first-order chi connectivity index (χ1) is 14.0. The largest absolute Gasteiger partial charge is 0.418 e. The molecule has 0 aliphatic carbocycles. The number of hydrogen-bond acceptors (Lipinski definition) is 5. The molecule has 0 spiro atoms. The van der Waals surface area contributed by atoms with Gasteiger partial charge in [-0.1, -0.05) is 0 Å². The van der Waals surface area contributed by atoms with Gasteiger partial charge in [0.05, 0.1) is 23.2 Å². The molecule has 2 aromatic rings. The Kier molecular flexibility index (Phi) is 6.31. The average molecular weight is 446 g/mol. The van der Waals surface area contributed by atoms with Gasteiger partial charge in [0.1, 0.15) is 12.7 Å². The fourth-order valence-electron chi connectivity index (χ4n) is 3.24. The van der Waals surface area contributed by atoms with Crippen LogP contribution >= 0.6 is 0 Å². The number of anilines is 1. The number of nitrogens with zero attached hydrogens (tertiary/aromatic N) is 4. The number of urea groups is 1. The quantitative estimate of drug-likeness (QED) is 0.731. The van der Waals surface area contributed by atoms with Crippen molar-refractivity contribution in [1.82, 2.24) is 24.4 Å². The van der Waals surface area contributed by atoms with Crippen molar-refractivity contribution in [1.29, 1.82) is 0 Å². The fraction of sp³-hybridized carbons (Fsp3) is 0.471. The minimum Gasteiger partial charge on any atom is -0.324 e. The summed E-state index contributed by atoms with van der Waals surface area (Å²) < 4.78 is 66.8. The van der Waals surface area contributed by atoms with E-state index >= 15 is 0 Å². The number of likely N-dealkylation sites (tertiary alicyclic amines) is 1. The number of alkyl halides is 3. The van der Waals surface area contributed by atoms with Crippen molar-refractivity contribution in [3.8, 4) is 5.69 Å². The molecule has 1 aromatic heterocycles. The molecule has 1 unspecified atom stereocenters. The topological polar surface area (TPSA) is 109 Å². The number of carbonyl (C=O) groups is 1.